The van der Waals surface area contributed by atoms with E-state index >= 15 is 0 Å². The quantitative estimate of drug-likeness (QED) is 0.686. The molecular weight excluding hydrogens is 236 g/mol. The Labute approximate surface area is 83.9 Å². The highest BCUT2D eigenvalue weighted by Crippen LogP contribution is 2.40. The number of thiophene rings is 1. The molecule has 1 nitrogen and oxygen atoms in total. The van der Waals surface area contributed by atoms with Crippen LogP contribution < -0.4 is 0 Å². The van der Waals surface area contributed by atoms with Gasteiger partial charge in [0.15, 0.2) is 5.78 Å². The summed E-state index contributed by atoms with van der Waals surface area (Å²) in [6, 6.07) is 0. The highest BCUT2D eigenvalue weighted by molar-refractivity contribution is 9.10. The van der Waals surface area contributed by atoms with Gasteiger partial charge in [-0.2, -0.15) is 0 Å². The van der Waals surface area contributed by atoms with Crippen LogP contribution >= 0.6 is 27.3 Å². The van der Waals surface area contributed by atoms with Crippen molar-refractivity contribution >= 4 is 33.0 Å². The van der Waals surface area contributed by atoms with E-state index < -0.39 is 0 Å². The number of hydrogen-bond donors (Lipinski definition) is 0. The second kappa shape index (κ2) is 2.67. The molecule has 0 aromatic carbocycles. The first-order valence-corrected chi connectivity index (χ1v) is 5.54. The Morgan fingerprint density at radius 3 is 2.83 bits per heavy atom. The molecule has 0 saturated carbocycles. The highest BCUT2D eigenvalue weighted by atomic mass is 79.9. The van der Waals surface area contributed by atoms with Gasteiger partial charge in [-0.25, -0.2) is 0 Å². The molecule has 1 aliphatic rings. The van der Waals surface area contributed by atoms with Crippen molar-refractivity contribution in [2.45, 2.75) is 20.3 Å². The van der Waals surface area contributed by atoms with Crippen molar-refractivity contribution in [3.8, 4) is 0 Å². The maximum absolute atomic E-state index is 11.6. The van der Waals surface area contributed by atoms with E-state index in [1.807, 2.05) is 13.8 Å². The number of carbonyl (C=O) groups excluding carboxylic acids is 1. The minimum absolute atomic E-state index is 0.197. The van der Waals surface area contributed by atoms with Gasteiger partial charge < -0.3 is 0 Å². The lowest BCUT2D eigenvalue weighted by Crippen LogP contribution is -2.02. The van der Waals surface area contributed by atoms with E-state index in [2.05, 4.69) is 15.9 Å². The molecule has 0 saturated heterocycles. The van der Waals surface area contributed by atoms with Crippen LogP contribution in [0.2, 0.25) is 0 Å². The van der Waals surface area contributed by atoms with Crippen LogP contribution in [-0.2, 0) is 6.42 Å². The number of aryl methyl sites for hydroxylation is 1. The van der Waals surface area contributed by atoms with Crippen molar-refractivity contribution in [1.82, 2.24) is 0 Å². The average molecular weight is 245 g/mol. The van der Waals surface area contributed by atoms with Crippen LogP contribution in [0.15, 0.2) is 4.47 Å². The molecular formula is C9H9BrOS. The Kier molecular flexibility index (Phi) is 1.88. The molecule has 1 aromatic rings. The number of rotatable bonds is 0. The van der Waals surface area contributed by atoms with Crippen LogP contribution in [0.1, 0.15) is 27.0 Å². The zero-order valence-electron chi connectivity index (χ0n) is 6.98. The van der Waals surface area contributed by atoms with Gasteiger partial charge in [-0.15, -0.1) is 11.3 Å². The Balaban J connectivity index is 2.59. The van der Waals surface area contributed by atoms with Crippen LogP contribution in [0, 0.1) is 12.8 Å². The van der Waals surface area contributed by atoms with Crippen LogP contribution in [0.5, 0.6) is 0 Å². The summed E-state index contributed by atoms with van der Waals surface area (Å²) in [7, 11) is 0. The highest BCUT2D eigenvalue weighted by Gasteiger charge is 2.31. The van der Waals surface area contributed by atoms with Crippen LogP contribution in [0.25, 0.3) is 0 Å². The molecule has 1 aliphatic carbocycles. The van der Waals surface area contributed by atoms with Gasteiger partial charge in [0.1, 0.15) is 0 Å². The number of carbonyl (C=O) groups is 1. The zero-order valence-corrected chi connectivity index (χ0v) is 9.38. The largest absolute Gasteiger partial charge is 0.293 e. The molecule has 1 aromatic heterocycles. The Bertz CT molecular complexity index is 354. The third-order valence-electron chi connectivity index (χ3n) is 2.28. The molecule has 0 fully saturated rings. The molecule has 1 heterocycles. The molecule has 3 heteroatoms. The first kappa shape index (κ1) is 8.45. The first-order valence-electron chi connectivity index (χ1n) is 3.93. The molecule has 12 heavy (non-hydrogen) atoms. The summed E-state index contributed by atoms with van der Waals surface area (Å²) in [4.78, 5) is 13.8. The van der Waals surface area contributed by atoms with E-state index in [4.69, 9.17) is 0 Å². The minimum Gasteiger partial charge on any atom is -0.293 e. The summed E-state index contributed by atoms with van der Waals surface area (Å²) in [5.74, 6) is 0.520. The second-order valence-corrected chi connectivity index (χ2v) is 5.27. The standard InChI is InChI=1S/C9H9BrOS/c1-4-3-6-7(10)5(2)12-9(6)8(4)11/h4H,3H2,1-2H3. The van der Waals surface area contributed by atoms with Crippen molar-refractivity contribution in [3.05, 3.63) is 19.8 Å². The lowest BCUT2D eigenvalue weighted by atomic mass is 10.1. The van der Waals surface area contributed by atoms with Crippen molar-refractivity contribution in [2.75, 3.05) is 0 Å². The van der Waals surface area contributed by atoms with Gasteiger partial charge in [0.25, 0.3) is 0 Å². The predicted octanol–water partition coefficient (Wildman–Crippen LogP) is 3.19. The van der Waals surface area contributed by atoms with Gasteiger partial charge in [0, 0.05) is 15.3 Å². The topological polar surface area (TPSA) is 17.1 Å². The Morgan fingerprint density at radius 2 is 2.25 bits per heavy atom. The van der Waals surface area contributed by atoms with Crippen LogP contribution in [0.4, 0.5) is 0 Å². The van der Waals surface area contributed by atoms with Gasteiger partial charge in [-0.05, 0) is 34.8 Å². The van der Waals surface area contributed by atoms with Crippen LogP contribution in [-0.4, -0.2) is 5.78 Å². The lowest BCUT2D eigenvalue weighted by Gasteiger charge is -1.97. The molecule has 0 aliphatic heterocycles. The van der Waals surface area contributed by atoms with Gasteiger partial charge in [-0.3, -0.25) is 4.79 Å². The average Bonchev–Trinajstić information content (AvgIpc) is 2.43. The molecule has 64 valence electrons. The second-order valence-electron chi connectivity index (χ2n) is 3.25. The van der Waals surface area contributed by atoms with E-state index in [-0.39, 0.29) is 5.92 Å². The van der Waals surface area contributed by atoms with Gasteiger partial charge in [0.05, 0.1) is 4.88 Å². The molecule has 1 atom stereocenters. The van der Waals surface area contributed by atoms with E-state index in [0.717, 1.165) is 15.8 Å². The Morgan fingerprint density at radius 1 is 1.58 bits per heavy atom. The summed E-state index contributed by atoms with van der Waals surface area (Å²) in [5.41, 5.74) is 1.23. The normalized spacial score (nSPS) is 21.6. The molecule has 0 amide bonds. The molecule has 0 bridgehead atoms. The molecule has 0 N–H and O–H groups in total. The van der Waals surface area contributed by atoms with E-state index in [1.54, 1.807) is 11.3 Å². The Hall–Kier alpha value is -0.150. The van der Waals surface area contributed by atoms with Crippen molar-refractivity contribution < 1.29 is 4.79 Å². The monoisotopic (exact) mass is 244 g/mol. The van der Waals surface area contributed by atoms with Gasteiger partial charge in [-0.1, -0.05) is 6.92 Å². The minimum atomic E-state index is 0.197. The molecule has 1 unspecified atom stereocenters. The number of fused-ring (bicyclic) bond motifs is 1. The fraction of sp³-hybridized carbons (Fsp3) is 0.444. The summed E-state index contributed by atoms with van der Waals surface area (Å²) >= 11 is 5.13. The molecule has 0 radical (unpaired) electrons. The fourth-order valence-corrected chi connectivity index (χ4v) is 3.44. The fourth-order valence-electron chi connectivity index (χ4n) is 1.58. The molecule has 2 rings (SSSR count). The SMILES string of the molecule is Cc1sc2c(c1Br)CC(C)C2=O. The van der Waals surface area contributed by atoms with Crippen LogP contribution in [0.3, 0.4) is 0 Å². The number of ketones is 1. The van der Waals surface area contributed by atoms with Crippen molar-refractivity contribution in [1.29, 1.82) is 0 Å². The summed E-state index contributed by atoms with van der Waals surface area (Å²) in [6.45, 7) is 4.04. The third kappa shape index (κ3) is 0.995. The first-order chi connectivity index (χ1) is 5.61. The van der Waals surface area contributed by atoms with Gasteiger partial charge >= 0.3 is 0 Å². The third-order valence-corrected chi connectivity index (χ3v) is 4.78. The van der Waals surface area contributed by atoms with Gasteiger partial charge in [0.2, 0.25) is 0 Å². The predicted molar refractivity (Wildman–Crippen MR) is 54.0 cm³/mol. The number of hydrogen-bond acceptors (Lipinski definition) is 2. The smallest absolute Gasteiger partial charge is 0.176 e. The maximum Gasteiger partial charge on any atom is 0.176 e. The van der Waals surface area contributed by atoms with E-state index in [0.29, 0.717) is 5.78 Å². The van der Waals surface area contributed by atoms with Crippen molar-refractivity contribution in [3.63, 3.8) is 0 Å². The number of halogens is 1. The maximum atomic E-state index is 11.6. The lowest BCUT2D eigenvalue weighted by molar-refractivity contribution is 0.0949. The number of Topliss-reactive ketones (excluding diaryl/α,β-unsaturated/α-hetero) is 1. The molecule has 0 spiro atoms. The van der Waals surface area contributed by atoms with Crippen molar-refractivity contribution in [2.24, 2.45) is 5.92 Å². The summed E-state index contributed by atoms with van der Waals surface area (Å²) < 4.78 is 1.15. The van der Waals surface area contributed by atoms with E-state index in [9.17, 15) is 4.79 Å². The zero-order chi connectivity index (χ0) is 8.88. The van der Waals surface area contributed by atoms with E-state index in [1.165, 1.54) is 10.4 Å². The summed E-state index contributed by atoms with van der Waals surface area (Å²) in [5, 5.41) is 0. The summed E-state index contributed by atoms with van der Waals surface area (Å²) in [6.07, 6.45) is 0.916.